The molecule has 4 heteroatoms. The van der Waals surface area contributed by atoms with E-state index in [1.807, 2.05) is 6.92 Å². The summed E-state index contributed by atoms with van der Waals surface area (Å²) < 4.78 is 5.38. The van der Waals surface area contributed by atoms with Crippen LogP contribution in [0.25, 0.3) is 0 Å². The number of hydrogen-bond donors (Lipinski definition) is 2. The van der Waals surface area contributed by atoms with Crippen LogP contribution in [0.2, 0.25) is 0 Å². The van der Waals surface area contributed by atoms with Crippen molar-refractivity contribution in [1.29, 1.82) is 0 Å². The van der Waals surface area contributed by atoms with Crippen molar-refractivity contribution >= 4 is 5.91 Å². The second-order valence-electron chi connectivity index (χ2n) is 4.13. The Morgan fingerprint density at radius 1 is 1.47 bits per heavy atom. The van der Waals surface area contributed by atoms with Gasteiger partial charge in [0.05, 0.1) is 6.04 Å². The minimum absolute atomic E-state index is 0.0682. The highest BCUT2D eigenvalue weighted by Gasteiger charge is 2.08. The number of nitrogens with one attached hydrogen (secondary N) is 1. The molecular weight excluding hydrogens is 192 g/mol. The van der Waals surface area contributed by atoms with Crippen LogP contribution in [-0.2, 0) is 9.53 Å². The molecule has 4 nitrogen and oxygen atoms in total. The third-order valence-corrected chi connectivity index (χ3v) is 1.99. The summed E-state index contributed by atoms with van der Waals surface area (Å²) in [4.78, 5) is 11.2. The normalized spacial score (nSPS) is 12.9. The fourth-order valence-electron chi connectivity index (χ4n) is 1.02. The van der Waals surface area contributed by atoms with E-state index in [1.165, 1.54) is 0 Å². The van der Waals surface area contributed by atoms with Crippen LogP contribution in [0.3, 0.4) is 0 Å². The van der Waals surface area contributed by atoms with Crippen LogP contribution < -0.4 is 11.1 Å². The van der Waals surface area contributed by atoms with Crippen LogP contribution in [0.5, 0.6) is 0 Å². The Labute approximate surface area is 92.6 Å². The highest BCUT2D eigenvalue weighted by molar-refractivity contribution is 5.81. The van der Waals surface area contributed by atoms with E-state index in [-0.39, 0.29) is 11.9 Å². The van der Waals surface area contributed by atoms with E-state index in [2.05, 4.69) is 19.2 Å². The van der Waals surface area contributed by atoms with Crippen LogP contribution >= 0.6 is 0 Å². The smallest absolute Gasteiger partial charge is 0.236 e. The highest BCUT2D eigenvalue weighted by atomic mass is 16.5. The Bertz CT molecular complexity index is 172. The molecule has 0 saturated heterocycles. The van der Waals surface area contributed by atoms with Gasteiger partial charge >= 0.3 is 0 Å². The molecule has 1 unspecified atom stereocenters. The molecule has 0 spiro atoms. The molecule has 0 fully saturated rings. The average molecular weight is 216 g/mol. The van der Waals surface area contributed by atoms with Crippen molar-refractivity contribution < 1.29 is 9.53 Å². The molecular formula is C11H24N2O2. The second kappa shape index (κ2) is 8.68. The van der Waals surface area contributed by atoms with E-state index >= 15 is 0 Å². The summed E-state index contributed by atoms with van der Waals surface area (Å²) in [6.07, 6.45) is 1.52. The zero-order chi connectivity index (χ0) is 11.7. The maximum atomic E-state index is 11.2. The number of ether oxygens (including phenoxy) is 1. The molecule has 0 aliphatic carbocycles. The van der Waals surface area contributed by atoms with Crippen molar-refractivity contribution in [3.05, 3.63) is 0 Å². The van der Waals surface area contributed by atoms with Crippen LogP contribution in [-0.4, -0.2) is 31.7 Å². The topological polar surface area (TPSA) is 64.4 Å². The minimum atomic E-state index is -0.374. The summed E-state index contributed by atoms with van der Waals surface area (Å²) in [7, 11) is 0. The summed E-state index contributed by atoms with van der Waals surface area (Å²) in [6, 6.07) is -0.374. The van der Waals surface area contributed by atoms with Crippen LogP contribution in [0.1, 0.15) is 33.6 Å². The predicted octanol–water partition coefficient (Wildman–Crippen LogP) is 0.903. The number of rotatable bonds is 8. The lowest BCUT2D eigenvalue weighted by molar-refractivity contribution is -0.122. The van der Waals surface area contributed by atoms with Crippen molar-refractivity contribution in [3.63, 3.8) is 0 Å². The van der Waals surface area contributed by atoms with Gasteiger partial charge in [0.15, 0.2) is 0 Å². The van der Waals surface area contributed by atoms with Crippen LogP contribution in [0, 0.1) is 5.92 Å². The minimum Gasteiger partial charge on any atom is -0.381 e. The van der Waals surface area contributed by atoms with E-state index in [4.69, 9.17) is 10.5 Å². The molecule has 0 aliphatic rings. The maximum Gasteiger partial charge on any atom is 0.236 e. The summed E-state index contributed by atoms with van der Waals surface area (Å²) in [5.74, 6) is 0.495. The van der Waals surface area contributed by atoms with Crippen LogP contribution in [0.15, 0.2) is 0 Å². The summed E-state index contributed by atoms with van der Waals surface area (Å²) in [5.41, 5.74) is 5.55. The predicted molar refractivity (Wildman–Crippen MR) is 61.6 cm³/mol. The molecule has 0 radical (unpaired) electrons. The fraction of sp³-hybridized carbons (Fsp3) is 0.909. The summed E-state index contributed by atoms with van der Waals surface area (Å²) in [5, 5.41) is 2.78. The van der Waals surface area contributed by atoms with Gasteiger partial charge in [0.1, 0.15) is 0 Å². The third kappa shape index (κ3) is 8.39. The standard InChI is InChI=1S/C11H24N2O2/c1-4-10(12)11(14)13-6-5-7-15-8-9(2)3/h9-10H,4-8,12H2,1-3H3,(H,13,14). The van der Waals surface area contributed by atoms with Crippen molar-refractivity contribution in [2.45, 2.75) is 39.7 Å². The molecule has 0 aliphatic heterocycles. The Hall–Kier alpha value is -0.610. The zero-order valence-electron chi connectivity index (χ0n) is 10.1. The Balaban J connectivity index is 3.27. The van der Waals surface area contributed by atoms with Gasteiger partial charge in [-0.1, -0.05) is 20.8 Å². The van der Waals surface area contributed by atoms with Gasteiger partial charge in [-0.2, -0.15) is 0 Å². The molecule has 0 bridgehead atoms. The van der Waals surface area contributed by atoms with Crippen molar-refractivity contribution in [2.24, 2.45) is 11.7 Å². The number of hydrogen-bond acceptors (Lipinski definition) is 3. The van der Waals surface area contributed by atoms with Gasteiger partial charge in [0, 0.05) is 19.8 Å². The quantitative estimate of drug-likeness (QED) is 0.593. The van der Waals surface area contributed by atoms with Gasteiger partial charge in [-0.3, -0.25) is 4.79 Å². The van der Waals surface area contributed by atoms with Crippen molar-refractivity contribution in [3.8, 4) is 0 Å². The fourth-order valence-corrected chi connectivity index (χ4v) is 1.02. The van der Waals surface area contributed by atoms with Gasteiger partial charge in [-0.25, -0.2) is 0 Å². The molecule has 1 amide bonds. The first-order valence-corrected chi connectivity index (χ1v) is 5.69. The zero-order valence-corrected chi connectivity index (χ0v) is 10.1. The van der Waals surface area contributed by atoms with Gasteiger partial charge in [0.25, 0.3) is 0 Å². The van der Waals surface area contributed by atoms with Crippen LogP contribution in [0.4, 0.5) is 0 Å². The molecule has 15 heavy (non-hydrogen) atoms. The van der Waals surface area contributed by atoms with E-state index in [1.54, 1.807) is 0 Å². The van der Waals surface area contributed by atoms with Crippen molar-refractivity contribution in [1.82, 2.24) is 5.32 Å². The van der Waals surface area contributed by atoms with Gasteiger partial charge in [-0.15, -0.1) is 0 Å². The van der Waals surface area contributed by atoms with Gasteiger partial charge in [0.2, 0.25) is 5.91 Å². The molecule has 0 aromatic carbocycles. The number of nitrogens with two attached hydrogens (primary N) is 1. The maximum absolute atomic E-state index is 11.2. The molecule has 0 aromatic rings. The van der Waals surface area contributed by atoms with E-state index < -0.39 is 0 Å². The second-order valence-corrected chi connectivity index (χ2v) is 4.13. The summed E-state index contributed by atoms with van der Waals surface area (Å²) in [6.45, 7) is 8.24. The summed E-state index contributed by atoms with van der Waals surface area (Å²) >= 11 is 0. The first kappa shape index (κ1) is 14.4. The number of carbonyl (C=O) groups is 1. The largest absolute Gasteiger partial charge is 0.381 e. The SMILES string of the molecule is CCC(N)C(=O)NCCCOCC(C)C. The Morgan fingerprint density at radius 3 is 2.67 bits per heavy atom. The third-order valence-electron chi connectivity index (χ3n) is 1.99. The lowest BCUT2D eigenvalue weighted by Crippen LogP contribution is -2.40. The lowest BCUT2D eigenvalue weighted by Gasteiger charge is -2.10. The molecule has 0 heterocycles. The Kier molecular flexibility index (Phi) is 8.33. The first-order chi connectivity index (χ1) is 7.07. The van der Waals surface area contributed by atoms with E-state index in [9.17, 15) is 4.79 Å². The number of amides is 1. The lowest BCUT2D eigenvalue weighted by atomic mass is 10.2. The van der Waals surface area contributed by atoms with E-state index in [0.717, 1.165) is 13.0 Å². The average Bonchev–Trinajstić information content (AvgIpc) is 2.21. The van der Waals surface area contributed by atoms with Gasteiger partial charge < -0.3 is 15.8 Å². The molecule has 0 saturated carbocycles. The van der Waals surface area contributed by atoms with Crippen molar-refractivity contribution in [2.75, 3.05) is 19.8 Å². The molecule has 1 atom stereocenters. The molecule has 90 valence electrons. The first-order valence-electron chi connectivity index (χ1n) is 5.69. The highest BCUT2D eigenvalue weighted by Crippen LogP contribution is 1.93. The Morgan fingerprint density at radius 2 is 2.13 bits per heavy atom. The molecule has 0 aromatic heterocycles. The van der Waals surface area contributed by atoms with E-state index in [0.29, 0.717) is 25.5 Å². The number of carbonyl (C=O) groups excluding carboxylic acids is 1. The monoisotopic (exact) mass is 216 g/mol. The van der Waals surface area contributed by atoms with Gasteiger partial charge in [-0.05, 0) is 18.8 Å². The molecule has 3 N–H and O–H groups in total. The molecule has 0 rings (SSSR count).